The summed E-state index contributed by atoms with van der Waals surface area (Å²) in [5, 5.41) is 8.26. The van der Waals surface area contributed by atoms with E-state index in [4.69, 9.17) is 0 Å². The Kier molecular flexibility index (Phi) is 8.56. The maximum Gasteiger partial charge on any atom is 0.0725 e. The Balaban J connectivity index is 2.11. The second kappa shape index (κ2) is 9.95. The van der Waals surface area contributed by atoms with Gasteiger partial charge in [-0.25, -0.2) is 4.68 Å². The standard InChI is InChI=1S/C17H33N3/c1-15(2)10-8-6-5-7-9-11-17-14-18-19-20(17)13-12-16(3)4/h14-16H,5-13H2,1-4H3. The van der Waals surface area contributed by atoms with Crippen molar-refractivity contribution < 1.29 is 0 Å². The van der Waals surface area contributed by atoms with E-state index in [-0.39, 0.29) is 0 Å². The molecule has 0 saturated heterocycles. The predicted molar refractivity (Wildman–Crippen MR) is 85.7 cm³/mol. The Bertz CT molecular complexity index is 342. The number of hydrogen-bond acceptors (Lipinski definition) is 2. The lowest BCUT2D eigenvalue weighted by Gasteiger charge is -2.08. The SMILES string of the molecule is CC(C)CCCCCCCc1cnnn1CCC(C)C. The summed E-state index contributed by atoms with van der Waals surface area (Å²) in [4.78, 5) is 0. The van der Waals surface area contributed by atoms with Crippen LogP contribution in [0.4, 0.5) is 0 Å². The third-order valence-electron chi connectivity index (χ3n) is 3.83. The monoisotopic (exact) mass is 279 g/mol. The van der Waals surface area contributed by atoms with Gasteiger partial charge in [-0.05, 0) is 31.1 Å². The molecular weight excluding hydrogens is 246 g/mol. The molecule has 0 aliphatic rings. The summed E-state index contributed by atoms with van der Waals surface area (Å²) in [6.07, 6.45) is 12.4. The molecule has 3 nitrogen and oxygen atoms in total. The molecule has 0 fully saturated rings. The average molecular weight is 279 g/mol. The topological polar surface area (TPSA) is 30.7 Å². The van der Waals surface area contributed by atoms with E-state index in [2.05, 4.69) is 42.7 Å². The summed E-state index contributed by atoms with van der Waals surface area (Å²) in [5.41, 5.74) is 1.31. The van der Waals surface area contributed by atoms with Gasteiger partial charge in [-0.2, -0.15) is 0 Å². The van der Waals surface area contributed by atoms with Crippen molar-refractivity contribution in [1.82, 2.24) is 15.0 Å². The van der Waals surface area contributed by atoms with E-state index < -0.39 is 0 Å². The molecule has 0 aliphatic heterocycles. The van der Waals surface area contributed by atoms with Gasteiger partial charge in [0.05, 0.1) is 11.9 Å². The van der Waals surface area contributed by atoms with Crippen LogP contribution in [0.2, 0.25) is 0 Å². The number of unbranched alkanes of at least 4 members (excludes halogenated alkanes) is 4. The molecule has 0 atom stereocenters. The van der Waals surface area contributed by atoms with Crippen LogP contribution in [0.3, 0.4) is 0 Å². The molecule has 0 saturated carbocycles. The van der Waals surface area contributed by atoms with Crippen LogP contribution in [0.25, 0.3) is 0 Å². The molecule has 1 aromatic rings. The zero-order chi connectivity index (χ0) is 14.8. The molecule has 1 heterocycles. The van der Waals surface area contributed by atoms with Crippen molar-refractivity contribution in [1.29, 1.82) is 0 Å². The second-order valence-electron chi connectivity index (χ2n) is 6.83. The third kappa shape index (κ3) is 7.66. The average Bonchev–Trinajstić information content (AvgIpc) is 2.82. The number of rotatable bonds is 11. The van der Waals surface area contributed by atoms with Gasteiger partial charge in [-0.15, -0.1) is 5.10 Å². The fraction of sp³-hybridized carbons (Fsp3) is 0.882. The summed E-state index contributed by atoms with van der Waals surface area (Å²) in [6.45, 7) is 10.2. The lowest BCUT2D eigenvalue weighted by Crippen LogP contribution is -2.07. The minimum Gasteiger partial charge on any atom is -0.249 e. The Hall–Kier alpha value is -0.860. The molecule has 0 aromatic carbocycles. The van der Waals surface area contributed by atoms with E-state index in [0.29, 0.717) is 0 Å². The zero-order valence-electron chi connectivity index (χ0n) is 13.9. The van der Waals surface area contributed by atoms with Gasteiger partial charge >= 0.3 is 0 Å². The number of hydrogen-bond donors (Lipinski definition) is 0. The highest BCUT2D eigenvalue weighted by Gasteiger charge is 2.04. The minimum atomic E-state index is 0.730. The normalized spacial score (nSPS) is 11.7. The molecule has 0 N–H and O–H groups in total. The van der Waals surface area contributed by atoms with E-state index in [1.165, 1.54) is 50.6 Å². The summed E-state index contributed by atoms with van der Waals surface area (Å²) >= 11 is 0. The van der Waals surface area contributed by atoms with Gasteiger partial charge < -0.3 is 0 Å². The molecule has 0 aliphatic carbocycles. The van der Waals surface area contributed by atoms with Crippen LogP contribution in [0.15, 0.2) is 6.20 Å². The highest BCUT2D eigenvalue weighted by molar-refractivity contribution is 4.93. The molecule has 0 unspecified atom stereocenters. The van der Waals surface area contributed by atoms with Crippen LogP contribution in [-0.4, -0.2) is 15.0 Å². The van der Waals surface area contributed by atoms with Crippen LogP contribution in [-0.2, 0) is 13.0 Å². The highest BCUT2D eigenvalue weighted by Crippen LogP contribution is 2.12. The molecule has 3 heteroatoms. The summed E-state index contributed by atoms with van der Waals surface area (Å²) in [6, 6.07) is 0. The van der Waals surface area contributed by atoms with E-state index >= 15 is 0 Å². The van der Waals surface area contributed by atoms with Crippen molar-refractivity contribution in [3.05, 3.63) is 11.9 Å². The molecule has 1 rings (SSSR count). The Morgan fingerprint density at radius 1 is 0.900 bits per heavy atom. The molecule has 0 spiro atoms. The molecule has 116 valence electrons. The maximum absolute atomic E-state index is 4.20. The molecule has 20 heavy (non-hydrogen) atoms. The van der Waals surface area contributed by atoms with Crippen LogP contribution in [0.5, 0.6) is 0 Å². The van der Waals surface area contributed by atoms with Gasteiger partial charge in [0.2, 0.25) is 0 Å². The molecule has 1 aromatic heterocycles. The first kappa shape index (κ1) is 17.2. The molecular formula is C17H33N3. The fourth-order valence-corrected chi connectivity index (χ4v) is 2.43. The third-order valence-corrected chi connectivity index (χ3v) is 3.83. The fourth-order valence-electron chi connectivity index (χ4n) is 2.43. The Labute approximate surface area is 125 Å². The van der Waals surface area contributed by atoms with Crippen LogP contribution in [0, 0.1) is 11.8 Å². The largest absolute Gasteiger partial charge is 0.249 e. The molecule has 0 radical (unpaired) electrons. The van der Waals surface area contributed by atoms with Gasteiger partial charge in [0.1, 0.15) is 0 Å². The molecule has 0 bridgehead atoms. The minimum absolute atomic E-state index is 0.730. The summed E-state index contributed by atoms with van der Waals surface area (Å²) in [7, 11) is 0. The first-order valence-corrected chi connectivity index (χ1v) is 8.47. The lowest BCUT2D eigenvalue weighted by molar-refractivity contribution is 0.462. The first-order chi connectivity index (χ1) is 9.59. The highest BCUT2D eigenvalue weighted by atomic mass is 15.4. The Morgan fingerprint density at radius 2 is 1.55 bits per heavy atom. The Morgan fingerprint density at radius 3 is 2.25 bits per heavy atom. The number of nitrogens with zero attached hydrogens (tertiary/aromatic N) is 3. The van der Waals surface area contributed by atoms with Crippen molar-refractivity contribution in [2.24, 2.45) is 11.8 Å². The summed E-state index contributed by atoms with van der Waals surface area (Å²) < 4.78 is 2.10. The first-order valence-electron chi connectivity index (χ1n) is 8.47. The van der Waals surface area contributed by atoms with Crippen LogP contribution < -0.4 is 0 Å². The summed E-state index contributed by atoms with van der Waals surface area (Å²) in [5.74, 6) is 1.59. The van der Waals surface area contributed by atoms with Crippen molar-refractivity contribution in [3.8, 4) is 0 Å². The number of aromatic nitrogens is 3. The van der Waals surface area contributed by atoms with Gasteiger partial charge in [0.25, 0.3) is 0 Å². The van der Waals surface area contributed by atoms with E-state index in [0.717, 1.165) is 24.8 Å². The van der Waals surface area contributed by atoms with Crippen molar-refractivity contribution in [2.45, 2.75) is 85.6 Å². The quantitative estimate of drug-likeness (QED) is 0.541. The molecule has 0 amide bonds. The van der Waals surface area contributed by atoms with E-state index in [1.54, 1.807) is 0 Å². The van der Waals surface area contributed by atoms with E-state index in [1.807, 2.05) is 6.20 Å². The van der Waals surface area contributed by atoms with Gasteiger partial charge in [-0.1, -0.05) is 65.0 Å². The maximum atomic E-state index is 4.20. The second-order valence-corrected chi connectivity index (χ2v) is 6.83. The van der Waals surface area contributed by atoms with Crippen molar-refractivity contribution in [2.75, 3.05) is 0 Å². The van der Waals surface area contributed by atoms with Gasteiger partial charge in [0, 0.05) is 6.54 Å². The van der Waals surface area contributed by atoms with Crippen molar-refractivity contribution in [3.63, 3.8) is 0 Å². The van der Waals surface area contributed by atoms with Crippen LogP contribution >= 0.6 is 0 Å². The van der Waals surface area contributed by atoms with Crippen molar-refractivity contribution >= 4 is 0 Å². The van der Waals surface area contributed by atoms with Gasteiger partial charge in [-0.3, -0.25) is 0 Å². The predicted octanol–water partition coefficient (Wildman–Crippen LogP) is 4.86. The van der Waals surface area contributed by atoms with Gasteiger partial charge in [0.15, 0.2) is 0 Å². The number of aryl methyl sites for hydroxylation is 2. The van der Waals surface area contributed by atoms with E-state index in [9.17, 15) is 0 Å². The van der Waals surface area contributed by atoms with Crippen LogP contribution in [0.1, 0.15) is 78.3 Å². The smallest absolute Gasteiger partial charge is 0.0725 e. The zero-order valence-corrected chi connectivity index (χ0v) is 13.9. The lowest BCUT2D eigenvalue weighted by atomic mass is 10.0.